The predicted octanol–water partition coefficient (Wildman–Crippen LogP) is 3.95. The number of rotatable bonds is 3. The van der Waals surface area contributed by atoms with Gasteiger partial charge in [-0.1, -0.05) is 48.5 Å². The second-order valence-electron chi connectivity index (χ2n) is 5.82. The first-order valence-corrected chi connectivity index (χ1v) is 7.79. The highest BCUT2D eigenvalue weighted by Gasteiger charge is 2.26. The van der Waals surface area contributed by atoms with Gasteiger partial charge < -0.3 is 4.90 Å². The van der Waals surface area contributed by atoms with Crippen molar-refractivity contribution in [3.63, 3.8) is 0 Å². The number of benzene rings is 2. The summed E-state index contributed by atoms with van der Waals surface area (Å²) < 4.78 is 0. The zero-order chi connectivity index (χ0) is 14.8. The lowest BCUT2D eigenvalue weighted by molar-refractivity contribution is 0.620. The van der Waals surface area contributed by atoms with Crippen LogP contribution < -0.4 is 4.90 Å². The number of hydrogen-bond donors (Lipinski definition) is 1. The smallest absolute Gasteiger partial charge is 0.0490 e. The van der Waals surface area contributed by atoms with E-state index in [0.717, 1.165) is 19.5 Å². The van der Waals surface area contributed by atoms with Crippen molar-refractivity contribution in [1.82, 2.24) is 10.2 Å². The number of hydrogen-bond acceptors (Lipinski definition) is 2. The van der Waals surface area contributed by atoms with Crippen LogP contribution in [0.4, 0.5) is 5.69 Å². The molecule has 1 atom stereocenters. The van der Waals surface area contributed by atoms with Gasteiger partial charge >= 0.3 is 0 Å². The first-order chi connectivity index (χ1) is 10.9. The van der Waals surface area contributed by atoms with E-state index in [0.29, 0.717) is 5.92 Å². The number of nitrogens with zero attached hydrogens (tertiary/aromatic N) is 2. The van der Waals surface area contributed by atoms with Crippen LogP contribution in [0.1, 0.15) is 29.2 Å². The summed E-state index contributed by atoms with van der Waals surface area (Å²) in [7, 11) is 0. The molecule has 3 heteroatoms. The van der Waals surface area contributed by atoms with Crippen LogP contribution in [0.3, 0.4) is 0 Å². The number of H-pyrrole nitrogens is 1. The molecule has 1 unspecified atom stereocenters. The topological polar surface area (TPSA) is 31.9 Å². The van der Waals surface area contributed by atoms with E-state index in [2.05, 4.69) is 75.8 Å². The summed E-state index contributed by atoms with van der Waals surface area (Å²) in [5.41, 5.74) is 5.32. The Kier molecular flexibility index (Phi) is 3.39. The zero-order valence-electron chi connectivity index (χ0n) is 12.4. The average molecular weight is 289 g/mol. The van der Waals surface area contributed by atoms with E-state index >= 15 is 0 Å². The number of para-hydroxylation sites is 1. The van der Waals surface area contributed by atoms with Crippen LogP contribution in [-0.4, -0.2) is 16.7 Å². The van der Waals surface area contributed by atoms with Crippen LogP contribution in [0.15, 0.2) is 66.9 Å². The highest BCUT2D eigenvalue weighted by Crippen LogP contribution is 2.38. The lowest BCUT2D eigenvalue weighted by Crippen LogP contribution is -2.31. The van der Waals surface area contributed by atoms with E-state index in [-0.39, 0.29) is 0 Å². The Labute approximate surface area is 130 Å². The monoisotopic (exact) mass is 289 g/mol. The van der Waals surface area contributed by atoms with E-state index in [4.69, 9.17) is 0 Å². The zero-order valence-corrected chi connectivity index (χ0v) is 12.4. The van der Waals surface area contributed by atoms with Gasteiger partial charge in [-0.3, -0.25) is 5.10 Å². The molecule has 4 rings (SSSR count). The number of aromatic amines is 1. The quantitative estimate of drug-likeness (QED) is 0.791. The molecular weight excluding hydrogens is 270 g/mol. The summed E-state index contributed by atoms with van der Waals surface area (Å²) in [6.45, 7) is 2.03. The summed E-state index contributed by atoms with van der Waals surface area (Å²) >= 11 is 0. The molecule has 0 fully saturated rings. The van der Waals surface area contributed by atoms with E-state index < -0.39 is 0 Å². The Morgan fingerprint density at radius 1 is 1.00 bits per heavy atom. The van der Waals surface area contributed by atoms with Crippen molar-refractivity contribution < 1.29 is 0 Å². The lowest BCUT2D eigenvalue weighted by atomic mass is 9.87. The molecule has 110 valence electrons. The Bertz CT molecular complexity index is 734. The van der Waals surface area contributed by atoms with Crippen LogP contribution in [0.25, 0.3) is 0 Å². The maximum absolute atomic E-state index is 4.12. The lowest BCUT2D eigenvalue weighted by Gasteiger charge is -2.35. The average Bonchev–Trinajstić information content (AvgIpc) is 3.10. The Hall–Kier alpha value is -2.55. The normalized spacial score (nSPS) is 17.3. The minimum absolute atomic E-state index is 0.422. The minimum Gasteiger partial charge on any atom is -0.367 e. The molecule has 2 heterocycles. The van der Waals surface area contributed by atoms with E-state index in [9.17, 15) is 0 Å². The predicted molar refractivity (Wildman–Crippen MR) is 89.0 cm³/mol. The number of anilines is 1. The largest absolute Gasteiger partial charge is 0.367 e. The molecule has 1 aliphatic rings. The van der Waals surface area contributed by atoms with Crippen LogP contribution in [0.2, 0.25) is 0 Å². The highest BCUT2D eigenvalue weighted by molar-refractivity contribution is 5.59. The third-order valence-electron chi connectivity index (χ3n) is 4.45. The van der Waals surface area contributed by atoms with Gasteiger partial charge in [0.15, 0.2) is 0 Å². The third kappa shape index (κ3) is 2.39. The molecular formula is C19H19N3. The molecule has 0 spiro atoms. The van der Waals surface area contributed by atoms with Crippen molar-refractivity contribution in [3.05, 3.63) is 83.7 Å². The van der Waals surface area contributed by atoms with E-state index in [1.165, 1.54) is 22.5 Å². The first kappa shape index (κ1) is 13.1. The van der Waals surface area contributed by atoms with Crippen molar-refractivity contribution in [2.45, 2.75) is 18.9 Å². The van der Waals surface area contributed by atoms with E-state index in [1.54, 1.807) is 0 Å². The molecule has 0 saturated heterocycles. The fraction of sp³-hybridized carbons (Fsp3) is 0.211. The van der Waals surface area contributed by atoms with Crippen LogP contribution in [-0.2, 0) is 6.54 Å². The molecule has 22 heavy (non-hydrogen) atoms. The Balaban J connectivity index is 1.67. The Morgan fingerprint density at radius 3 is 2.64 bits per heavy atom. The highest BCUT2D eigenvalue weighted by atomic mass is 15.1. The standard InChI is InChI=1S/C19H19N3/c1-2-6-15(7-3-1)14-22-13-11-16(18-10-12-20-21-18)17-8-4-5-9-19(17)22/h1-10,12,16H,11,13-14H2,(H,20,21). The molecule has 1 N–H and O–H groups in total. The van der Waals surface area contributed by atoms with Crippen molar-refractivity contribution in [3.8, 4) is 0 Å². The molecule has 1 aromatic heterocycles. The van der Waals surface area contributed by atoms with Gasteiger partial charge in [0.2, 0.25) is 0 Å². The SMILES string of the molecule is c1ccc(CN2CCC(c3ccn[nH]3)c3ccccc32)cc1. The van der Waals surface area contributed by atoms with Gasteiger partial charge in [-0.2, -0.15) is 5.10 Å². The van der Waals surface area contributed by atoms with Crippen LogP contribution >= 0.6 is 0 Å². The molecule has 0 amide bonds. The molecule has 0 saturated carbocycles. The molecule has 0 radical (unpaired) electrons. The molecule has 3 nitrogen and oxygen atoms in total. The number of nitrogens with one attached hydrogen (secondary N) is 1. The minimum atomic E-state index is 0.422. The Morgan fingerprint density at radius 2 is 1.82 bits per heavy atom. The maximum atomic E-state index is 4.12. The van der Waals surface area contributed by atoms with Gasteiger partial charge in [0.1, 0.15) is 0 Å². The van der Waals surface area contributed by atoms with Gasteiger partial charge in [0.05, 0.1) is 0 Å². The molecule has 1 aliphatic heterocycles. The molecule has 0 bridgehead atoms. The maximum Gasteiger partial charge on any atom is 0.0490 e. The van der Waals surface area contributed by atoms with Crippen molar-refractivity contribution in [2.75, 3.05) is 11.4 Å². The van der Waals surface area contributed by atoms with Gasteiger partial charge in [0, 0.05) is 36.6 Å². The van der Waals surface area contributed by atoms with Gasteiger partial charge in [0.25, 0.3) is 0 Å². The van der Waals surface area contributed by atoms with Crippen molar-refractivity contribution in [1.29, 1.82) is 0 Å². The summed E-state index contributed by atoms with van der Waals surface area (Å²) in [5, 5.41) is 7.26. The summed E-state index contributed by atoms with van der Waals surface area (Å²) in [6, 6.07) is 21.5. The summed E-state index contributed by atoms with van der Waals surface area (Å²) in [4.78, 5) is 2.48. The summed E-state index contributed by atoms with van der Waals surface area (Å²) in [6.07, 6.45) is 2.96. The van der Waals surface area contributed by atoms with Gasteiger partial charge in [-0.05, 0) is 29.7 Å². The van der Waals surface area contributed by atoms with Crippen LogP contribution in [0.5, 0.6) is 0 Å². The number of aromatic nitrogens is 2. The molecule has 0 aliphatic carbocycles. The fourth-order valence-corrected chi connectivity index (χ4v) is 3.38. The molecule has 2 aromatic carbocycles. The van der Waals surface area contributed by atoms with Gasteiger partial charge in [-0.25, -0.2) is 0 Å². The van der Waals surface area contributed by atoms with Crippen molar-refractivity contribution >= 4 is 5.69 Å². The van der Waals surface area contributed by atoms with E-state index in [1.807, 2.05) is 6.20 Å². The van der Waals surface area contributed by atoms with Crippen molar-refractivity contribution in [2.24, 2.45) is 0 Å². The van der Waals surface area contributed by atoms with Gasteiger partial charge in [-0.15, -0.1) is 0 Å². The second-order valence-corrected chi connectivity index (χ2v) is 5.82. The molecule has 3 aromatic rings. The first-order valence-electron chi connectivity index (χ1n) is 7.79. The fourth-order valence-electron chi connectivity index (χ4n) is 3.38. The summed E-state index contributed by atoms with van der Waals surface area (Å²) in [5.74, 6) is 0.422. The number of fused-ring (bicyclic) bond motifs is 1. The third-order valence-corrected chi connectivity index (χ3v) is 4.45. The van der Waals surface area contributed by atoms with Crippen LogP contribution in [0, 0.1) is 0 Å². The second kappa shape index (κ2) is 5.68.